The Bertz CT molecular complexity index is 1120. The van der Waals surface area contributed by atoms with Crippen LogP contribution in [0.2, 0.25) is 0 Å². The highest BCUT2D eigenvalue weighted by atomic mass is 16.2. The van der Waals surface area contributed by atoms with Crippen LogP contribution in [0, 0.1) is 0 Å². The van der Waals surface area contributed by atoms with Gasteiger partial charge in [0.05, 0.1) is 12.1 Å². The zero-order chi connectivity index (χ0) is 22.5. The minimum atomic E-state index is -0.335. The third-order valence-corrected chi connectivity index (χ3v) is 5.59. The summed E-state index contributed by atoms with van der Waals surface area (Å²) in [5.74, 6) is -0.640. The molecule has 1 N–H and O–H groups in total. The van der Waals surface area contributed by atoms with Gasteiger partial charge in [0.15, 0.2) is 0 Å². The van der Waals surface area contributed by atoms with Gasteiger partial charge in [-0.3, -0.25) is 19.5 Å². The maximum atomic E-state index is 13.3. The molecule has 0 fully saturated rings. The Hall–Kier alpha value is -3.93. The minimum absolute atomic E-state index is 0.197. The third kappa shape index (κ3) is 4.25. The maximum absolute atomic E-state index is 13.3. The van der Waals surface area contributed by atoms with Crippen LogP contribution >= 0.6 is 0 Å². The van der Waals surface area contributed by atoms with Crippen molar-refractivity contribution in [2.75, 3.05) is 23.3 Å². The number of hydrogen-bond acceptors (Lipinski definition) is 5. The Morgan fingerprint density at radius 1 is 0.844 bits per heavy atom. The number of benzene rings is 2. The van der Waals surface area contributed by atoms with E-state index in [1.54, 1.807) is 24.5 Å². The summed E-state index contributed by atoms with van der Waals surface area (Å²) in [4.78, 5) is 34.2. The molecule has 0 saturated heterocycles. The van der Waals surface area contributed by atoms with Gasteiger partial charge in [-0.1, -0.05) is 30.3 Å². The van der Waals surface area contributed by atoms with E-state index >= 15 is 0 Å². The number of amides is 2. The van der Waals surface area contributed by atoms with Crippen LogP contribution in [0.3, 0.4) is 0 Å². The summed E-state index contributed by atoms with van der Waals surface area (Å²) in [6, 6.07) is 20.8. The highest BCUT2D eigenvalue weighted by Gasteiger charge is 2.39. The van der Waals surface area contributed by atoms with E-state index in [0.717, 1.165) is 30.0 Å². The van der Waals surface area contributed by atoms with Gasteiger partial charge in [-0.25, -0.2) is 0 Å². The second kappa shape index (κ2) is 9.47. The predicted molar refractivity (Wildman–Crippen MR) is 127 cm³/mol. The SMILES string of the molecule is CCN(CC)c1ccc(NC2=C(c3ccccc3)C(=O)N(Cc3ccncc3)C2=O)cc1. The number of nitrogens with zero attached hydrogens (tertiary/aromatic N) is 3. The van der Waals surface area contributed by atoms with Gasteiger partial charge in [0, 0.05) is 36.9 Å². The number of pyridine rings is 1. The topological polar surface area (TPSA) is 65.5 Å². The van der Waals surface area contributed by atoms with Crippen LogP contribution in [0.25, 0.3) is 5.57 Å². The van der Waals surface area contributed by atoms with E-state index in [4.69, 9.17) is 0 Å². The lowest BCUT2D eigenvalue weighted by molar-refractivity contribution is -0.137. The van der Waals surface area contributed by atoms with Crippen LogP contribution in [0.15, 0.2) is 84.8 Å². The van der Waals surface area contributed by atoms with Crippen molar-refractivity contribution in [1.29, 1.82) is 0 Å². The molecule has 2 amide bonds. The van der Waals surface area contributed by atoms with Crippen LogP contribution in [0.1, 0.15) is 25.0 Å². The number of anilines is 2. The van der Waals surface area contributed by atoms with Crippen molar-refractivity contribution >= 4 is 28.8 Å². The van der Waals surface area contributed by atoms with E-state index in [1.165, 1.54) is 4.90 Å². The first-order valence-electron chi connectivity index (χ1n) is 10.8. The predicted octanol–water partition coefficient (Wildman–Crippen LogP) is 4.32. The molecule has 1 aliphatic heterocycles. The number of aromatic nitrogens is 1. The molecular weight excluding hydrogens is 400 g/mol. The number of hydrogen-bond donors (Lipinski definition) is 1. The lowest BCUT2D eigenvalue weighted by atomic mass is 10.0. The number of carbonyl (C=O) groups is 2. The van der Waals surface area contributed by atoms with E-state index in [2.05, 4.69) is 29.0 Å². The minimum Gasteiger partial charge on any atom is -0.372 e. The summed E-state index contributed by atoms with van der Waals surface area (Å²) < 4.78 is 0. The Morgan fingerprint density at radius 2 is 1.50 bits per heavy atom. The van der Waals surface area contributed by atoms with E-state index in [-0.39, 0.29) is 18.4 Å². The van der Waals surface area contributed by atoms with Crippen molar-refractivity contribution in [2.45, 2.75) is 20.4 Å². The fraction of sp³-hybridized carbons (Fsp3) is 0.192. The summed E-state index contributed by atoms with van der Waals surface area (Å²) in [7, 11) is 0. The maximum Gasteiger partial charge on any atom is 0.278 e. The van der Waals surface area contributed by atoms with E-state index < -0.39 is 0 Å². The Balaban J connectivity index is 1.67. The van der Waals surface area contributed by atoms with Crippen LogP contribution in [0.4, 0.5) is 11.4 Å². The zero-order valence-corrected chi connectivity index (χ0v) is 18.3. The molecule has 2 aromatic carbocycles. The van der Waals surface area contributed by atoms with E-state index in [0.29, 0.717) is 16.8 Å². The van der Waals surface area contributed by atoms with Crippen LogP contribution in [-0.4, -0.2) is 34.8 Å². The van der Waals surface area contributed by atoms with Crippen LogP contribution < -0.4 is 10.2 Å². The number of nitrogens with one attached hydrogen (secondary N) is 1. The highest BCUT2D eigenvalue weighted by molar-refractivity contribution is 6.36. The van der Waals surface area contributed by atoms with Crippen molar-refractivity contribution in [2.24, 2.45) is 0 Å². The normalized spacial score (nSPS) is 13.6. The van der Waals surface area contributed by atoms with Gasteiger partial charge in [-0.15, -0.1) is 0 Å². The molecule has 1 aliphatic rings. The molecular formula is C26H26N4O2. The Labute approximate surface area is 188 Å². The molecule has 0 aliphatic carbocycles. The molecule has 3 aromatic rings. The smallest absolute Gasteiger partial charge is 0.278 e. The lowest BCUT2D eigenvalue weighted by Crippen LogP contribution is -2.32. The summed E-state index contributed by atoms with van der Waals surface area (Å²) >= 11 is 0. The summed E-state index contributed by atoms with van der Waals surface area (Å²) in [5.41, 5.74) is 4.12. The van der Waals surface area contributed by atoms with Gasteiger partial charge in [0.2, 0.25) is 0 Å². The first-order chi connectivity index (χ1) is 15.6. The quantitative estimate of drug-likeness (QED) is 0.544. The second-order valence-corrected chi connectivity index (χ2v) is 7.51. The van der Waals surface area contributed by atoms with Gasteiger partial charge in [0.25, 0.3) is 11.8 Å². The van der Waals surface area contributed by atoms with E-state index in [1.807, 2.05) is 54.6 Å². The molecule has 2 heterocycles. The molecule has 6 heteroatoms. The third-order valence-electron chi connectivity index (χ3n) is 5.59. The average Bonchev–Trinajstić information content (AvgIpc) is 3.06. The first-order valence-corrected chi connectivity index (χ1v) is 10.8. The number of rotatable bonds is 8. The van der Waals surface area contributed by atoms with Crippen LogP contribution in [0.5, 0.6) is 0 Å². The molecule has 4 rings (SSSR count). The molecule has 1 aromatic heterocycles. The molecule has 0 spiro atoms. The molecule has 0 saturated carbocycles. The summed E-state index contributed by atoms with van der Waals surface area (Å²) in [6.45, 7) is 6.27. The van der Waals surface area contributed by atoms with Crippen molar-refractivity contribution in [3.05, 3.63) is 95.9 Å². The van der Waals surface area contributed by atoms with E-state index in [9.17, 15) is 9.59 Å². The molecule has 0 unspecified atom stereocenters. The van der Waals surface area contributed by atoms with Crippen LogP contribution in [-0.2, 0) is 16.1 Å². The number of imide groups is 1. The zero-order valence-electron chi connectivity index (χ0n) is 18.3. The van der Waals surface area contributed by atoms with Crippen molar-refractivity contribution in [1.82, 2.24) is 9.88 Å². The summed E-state index contributed by atoms with van der Waals surface area (Å²) in [6.07, 6.45) is 3.31. The molecule has 6 nitrogen and oxygen atoms in total. The highest BCUT2D eigenvalue weighted by Crippen LogP contribution is 2.31. The second-order valence-electron chi connectivity index (χ2n) is 7.51. The van der Waals surface area contributed by atoms with Gasteiger partial charge in [-0.05, 0) is 61.4 Å². The largest absolute Gasteiger partial charge is 0.372 e. The molecule has 32 heavy (non-hydrogen) atoms. The van der Waals surface area contributed by atoms with Gasteiger partial charge >= 0.3 is 0 Å². The standard InChI is InChI=1S/C26H26N4O2/c1-3-29(4-2)22-12-10-21(11-13-22)28-24-23(20-8-6-5-7-9-20)25(31)30(26(24)32)18-19-14-16-27-17-15-19/h5-17,28H,3-4,18H2,1-2H3. The summed E-state index contributed by atoms with van der Waals surface area (Å²) in [5, 5.41) is 3.22. The molecule has 0 radical (unpaired) electrons. The van der Waals surface area contributed by atoms with Crippen molar-refractivity contribution in [3.8, 4) is 0 Å². The van der Waals surface area contributed by atoms with Crippen molar-refractivity contribution in [3.63, 3.8) is 0 Å². The Kier molecular flexibility index (Phi) is 6.31. The fourth-order valence-electron chi connectivity index (χ4n) is 3.87. The monoisotopic (exact) mass is 426 g/mol. The van der Waals surface area contributed by atoms with Gasteiger partial charge < -0.3 is 10.2 Å². The molecule has 0 atom stereocenters. The molecule has 0 bridgehead atoms. The number of carbonyl (C=O) groups excluding carboxylic acids is 2. The fourth-order valence-corrected chi connectivity index (χ4v) is 3.87. The van der Waals surface area contributed by atoms with Crippen molar-refractivity contribution < 1.29 is 9.59 Å². The lowest BCUT2D eigenvalue weighted by Gasteiger charge is -2.21. The first kappa shape index (κ1) is 21.3. The average molecular weight is 427 g/mol. The van der Waals surface area contributed by atoms with Gasteiger partial charge in [-0.2, -0.15) is 0 Å². The molecule has 162 valence electrons. The van der Waals surface area contributed by atoms with Gasteiger partial charge in [0.1, 0.15) is 5.70 Å². The Morgan fingerprint density at radius 3 is 2.12 bits per heavy atom.